The zero-order valence-corrected chi connectivity index (χ0v) is 14.5. The highest BCUT2D eigenvalue weighted by molar-refractivity contribution is 7.89. The summed E-state index contributed by atoms with van der Waals surface area (Å²) in [4.78, 5) is 11.7. The van der Waals surface area contributed by atoms with Crippen molar-refractivity contribution in [1.29, 1.82) is 0 Å². The first-order valence-corrected chi connectivity index (χ1v) is 8.87. The molecular formula is C14H21N3O3S2. The Kier molecular flexibility index (Phi) is 6.92. The van der Waals surface area contributed by atoms with Crippen molar-refractivity contribution in [3.05, 3.63) is 24.3 Å². The van der Waals surface area contributed by atoms with E-state index in [-0.39, 0.29) is 21.8 Å². The molecule has 6 nitrogen and oxygen atoms in total. The molecule has 0 unspecified atom stereocenters. The summed E-state index contributed by atoms with van der Waals surface area (Å²) >= 11 is 5.02. The summed E-state index contributed by atoms with van der Waals surface area (Å²) in [5.74, 6) is -0.350. The molecular weight excluding hydrogens is 322 g/mol. The van der Waals surface area contributed by atoms with Crippen LogP contribution in [0.3, 0.4) is 0 Å². The second kappa shape index (κ2) is 8.21. The van der Waals surface area contributed by atoms with E-state index in [1.807, 2.05) is 6.92 Å². The molecule has 3 N–H and O–H groups in total. The Bertz CT molecular complexity index is 625. The molecule has 0 fully saturated rings. The van der Waals surface area contributed by atoms with Gasteiger partial charge in [-0.1, -0.05) is 20.8 Å². The largest absolute Gasteiger partial charge is 0.332 e. The maximum atomic E-state index is 11.9. The minimum atomic E-state index is -3.48. The third kappa shape index (κ3) is 5.70. The van der Waals surface area contributed by atoms with Gasteiger partial charge in [0.1, 0.15) is 0 Å². The quantitative estimate of drug-likeness (QED) is 0.686. The van der Waals surface area contributed by atoms with Gasteiger partial charge in [0.15, 0.2) is 5.11 Å². The molecule has 8 heteroatoms. The van der Waals surface area contributed by atoms with Gasteiger partial charge in [-0.15, -0.1) is 0 Å². The van der Waals surface area contributed by atoms with Crippen molar-refractivity contribution in [2.24, 2.45) is 5.92 Å². The van der Waals surface area contributed by atoms with Gasteiger partial charge in [0.05, 0.1) is 4.90 Å². The standard InChI is InChI=1S/C14H21N3O3S2/c1-4-9-15-22(19,20)12-7-5-11(6-8-12)16-14(21)17-13(18)10(2)3/h5-8,10,15H,4,9H2,1-3H3,(H2,16,17,18,21). The monoisotopic (exact) mass is 343 g/mol. The summed E-state index contributed by atoms with van der Waals surface area (Å²) in [7, 11) is -3.48. The van der Waals surface area contributed by atoms with Crippen LogP contribution in [0.25, 0.3) is 0 Å². The average Bonchev–Trinajstić information content (AvgIpc) is 2.45. The van der Waals surface area contributed by atoms with Gasteiger partial charge in [0, 0.05) is 18.2 Å². The van der Waals surface area contributed by atoms with Crippen LogP contribution in [-0.4, -0.2) is 26.0 Å². The highest BCUT2D eigenvalue weighted by atomic mass is 32.2. The molecule has 0 aliphatic heterocycles. The first kappa shape index (κ1) is 18.5. The second-order valence-electron chi connectivity index (χ2n) is 5.02. The number of nitrogens with one attached hydrogen (secondary N) is 3. The minimum absolute atomic E-state index is 0.170. The van der Waals surface area contributed by atoms with Gasteiger partial charge < -0.3 is 10.6 Å². The second-order valence-corrected chi connectivity index (χ2v) is 7.20. The van der Waals surface area contributed by atoms with E-state index in [1.165, 1.54) is 12.1 Å². The molecule has 0 saturated carbocycles. The lowest BCUT2D eigenvalue weighted by Gasteiger charge is -2.11. The summed E-state index contributed by atoms with van der Waals surface area (Å²) in [5, 5.41) is 5.56. The number of thiocarbonyl (C=S) groups is 1. The van der Waals surface area contributed by atoms with Crippen molar-refractivity contribution in [3.8, 4) is 0 Å². The number of rotatable bonds is 6. The zero-order chi connectivity index (χ0) is 16.8. The van der Waals surface area contributed by atoms with Gasteiger partial charge >= 0.3 is 0 Å². The van der Waals surface area contributed by atoms with Crippen LogP contribution in [0, 0.1) is 5.92 Å². The smallest absolute Gasteiger partial charge is 0.240 e. The average molecular weight is 343 g/mol. The van der Waals surface area contributed by atoms with E-state index in [1.54, 1.807) is 26.0 Å². The van der Waals surface area contributed by atoms with Crippen molar-refractivity contribution in [2.75, 3.05) is 11.9 Å². The number of carbonyl (C=O) groups is 1. The first-order valence-electron chi connectivity index (χ1n) is 6.98. The van der Waals surface area contributed by atoms with Crippen molar-refractivity contribution < 1.29 is 13.2 Å². The van der Waals surface area contributed by atoms with Crippen molar-refractivity contribution in [1.82, 2.24) is 10.0 Å². The van der Waals surface area contributed by atoms with Crippen LogP contribution >= 0.6 is 12.2 Å². The molecule has 1 aromatic rings. The molecule has 0 atom stereocenters. The van der Waals surface area contributed by atoms with Gasteiger partial charge in [0.2, 0.25) is 15.9 Å². The lowest BCUT2D eigenvalue weighted by molar-refractivity contribution is -0.122. The SMILES string of the molecule is CCCNS(=O)(=O)c1ccc(NC(=S)NC(=O)C(C)C)cc1. The van der Waals surface area contributed by atoms with E-state index < -0.39 is 10.0 Å². The number of sulfonamides is 1. The van der Waals surface area contributed by atoms with Crippen molar-refractivity contribution >= 4 is 38.9 Å². The predicted molar refractivity (Wildman–Crippen MR) is 91.1 cm³/mol. The van der Waals surface area contributed by atoms with E-state index >= 15 is 0 Å². The maximum absolute atomic E-state index is 11.9. The first-order chi connectivity index (χ1) is 10.3. The number of hydrogen-bond acceptors (Lipinski definition) is 4. The fourth-order valence-electron chi connectivity index (χ4n) is 1.46. The minimum Gasteiger partial charge on any atom is -0.332 e. The highest BCUT2D eigenvalue weighted by Gasteiger charge is 2.13. The predicted octanol–water partition coefficient (Wildman–Crippen LogP) is 1.84. The summed E-state index contributed by atoms with van der Waals surface area (Å²) in [6.45, 7) is 5.82. The van der Waals surface area contributed by atoms with E-state index in [0.29, 0.717) is 12.2 Å². The highest BCUT2D eigenvalue weighted by Crippen LogP contribution is 2.14. The molecule has 0 radical (unpaired) electrons. The summed E-state index contributed by atoms with van der Waals surface area (Å²) < 4.78 is 26.4. The van der Waals surface area contributed by atoms with E-state index in [9.17, 15) is 13.2 Å². The summed E-state index contributed by atoms with van der Waals surface area (Å²) in [6, 6.07) is 6.14. The van der Waals surface area contributed by atoms with E-state index in [0.717, 1.165) is 6.42 Å². The molecule has 0 aromatic heterocycles. The molecule has 0 heterocycles. The number of benzene rings is 1. The molecule has 1 amide bonds. The Balaban J connectivity index is 2.69. The molecule has 0 aliphatic carbocycles. The Morgan fingerprint density at radius 1 is 1.23 bits per heavy atom. The summed E-state index contributed by atoms with van der Waals surface area (Å²) in [5.41, 5.74) is 0.600. The Labute approximate surface area is 136 Å². The van der Waals surface area contributed by atoms with Crippen LogP contribution in [0.4, 0.5) is 5.69 Å². The Morgan fingerprint density at radius 2 is 1.82 bits per heavy atom. The molecule has 0 bridgehead atoms. The maximum Gasteiger partial charge on any atom is 0.240 e. The van der Waals surface area contributed by atoms with E-state index in [4.69, 9.17) is 12.2 Å². The fourth-order valence-corrected chi connectivity index (χ4v) is 2.81. The van der Waals surface area contributed by atoms with Gasteiger partial charge in [-0.3, -0.25) is 4.79 Å². The lowest BCUT2D eigenvalue weighted by Crippen LogP contribution is -2.36. The van der Waals surface area contributed by atoms with Crippen LogP contribution in [0.5, 0.6) is 0 Å². The number of amides is 1. The lowest BCUT2D eigenvalue weighted by atomic mass is 10.2. The van der Waals surface area contributed by atoms with Crippen LogP contribution in [0.15, 0.2) is 29.2 Å². The number of anilines is 1. The van der Waals surface area contributed by atoms with Crippen LogP contribution < -0.4 is 15.4 Å². The summed E-state index contributed by atoms with van der Waals surface area (Å²) in [6.07, 6.45) is 0.725. The third-order valence-corrected chi connectivity index (χ3v) is 4.41. The normalized spacial score (nSPS) is 11.3. The van der Waals surface area contributed by atoms with Crippen molar-refractivity contribution in [2.45, 2.75) is 32.1 Å². The molecule has 1 aromatic carbocycles. The Hall–Kier alpha value is -1.51. The van der Waals surface area contributed by atoms with E-state index in [2.05, 4.69) is 15.4 Å². The van der Waals surface area contributed by atoms with Crippen LogP contribution in [-0.2, 0) is 14.8 Å². The third-order valence-electron chi connectivity index (χ3n) is 2.73. The molecule has 0 aliphatic rings. The molecule has 0 spiro atoms. The van der Waals surface area contributed by atoms with Crippen molar-refractivity contribution in [3.63, 3.8) is 0 Å². The Morgan fingerprint density at radius 3 is 2.32 bits per heavy atom. The number of carbonyl (C=O) groups excluding carboxylic acids is 1. The van der Waals surface area contributed by atoms with Crippen LogP contribution in [0.2, 0.25) is 0 Å². The fraction of sp³-hybridized carbons (Fsp3) is 0.429. The molecule has 1 rings (SSSR count). The van der Waals surface area contributed by atoms with Gasteiger partial charge in [-0.2, -0.15) is 0 Å². The van der Waals surface area contributed by atoms with Gasteiger partial charge in [-0.25, -0.2) is 13.1 Å². The number of hydrogen-bond donors (Lipinski definition) is 3. The van der Waals surface area contributed by atoms with Gasteiger partial charge in [-0.05, 0) is 42.9 Å². The van der Waals surface area contributed by atoms with Gasteiger partial charge in [0.25, 0.3) is 0 Å². The zero-order valence-electron chi connectivity index (χ0n) is 12.8. The molecule has 0 saturated heterocycles. The van der Waals surface area contributed by atoms with Crippen LogP contribution in [0.1, 0.15) is 27.2 Å². The molecule has 22 heavy (non-hydrogen) atoms. The topological polar surface area (TPSA) is 87.3 Å². The molecule has 122 valence electrons.